The largest absolute Gasteiger partial charge is 0.493 e. The lowest BCUT2D eigenvalue weighted by molar-refractivity contribution is -0.147. The molecule has 0 amide bonds. The standard InChI is InChI=1S/C29H25F3N2O6/c1-36-25-13-17(14-26(37-2)27(25)38-3)23-16-22(35)19-10-9-18(15-24(19)40-23)39-12-6-11-34-21-8-5-4-7-20(21)33-28(34)29(30,31)32/h4-5,7-10,13-16H,6,11-12H2,1-3H3. The van der Waals surface area contributed by atoms with E-state index in [9.17, 15) is 18.0 Å². The minimum absolute atomic E-state index is 0.0588. The fraction of sp³-hybridized carbons (Fsp3) is 0.241. The number of hydrogen-bond donors (Lipinski definition) is 0. The van der Waals surface area contributed by atoms with Crippen LogP contribution < -0.4 is 24.4 Å². The lowest BCUT2D eigenvalue weighted by Gasteiger charge is -2.14. The van der Waals surface area contributed by atoms with Gasteiger partial charge in [0, 0.05) is 24.2 Å². The number of aromatic nitrogens is 2. The van der Waals surface area contributed by atoms with Crippen LogP contribution >= 0.6 is 0 Å². The van der Waals surface area contributed by atoms with E-state index in [-0.39, 0.29) is 41.9 Å². The van der Waals surface area contributed by atoms with E-state index < -0.39 is 12.0 Å². The summed E-state index contributed by atoms with van der Waals surface area (Å²) in [6, 6.07) is 16.0. The number of aryl methyl sites for hydroxylation is 1. The molecule has 0 spiro atoms. The van der Waals surface area contributed by atoms with E-state index in [0.29, 0.717) is 39.5 Å². The summed E-state index contributed by atoms with van der Waals surface area (Å²) in [6.45, 7) is 0.190. The Morgan fingerprint density at radius 3 is 2.33 bits per heavy atom. The average molecular weight is 555 g/mol. The second-order valence-corrected chi connectivity index (χ2v) is 8.82. The predicted octanol–water partition coefficient (Wildman–Crippen LogP) is 6.32. The molecule has 2 aromatic heterocycles. The summed E-state index contributed by atoms with van der Waals surface area (Å²) in [6.07, 6.45) is -4.29. The third kappa shape index (κ3) is 5.14. The molecule has 0 saturated heterocycles. The van der Waals surface area contributed by atoms with E-state index >= 15 is 0 Å². The number of imidazole rings is 1. The van der Waals surface area contributed by atoms with Crippen molar-refractivity contribution in [2.24, 2.45) is 0 Å². The average Bonchev–Trinajstić information content (AvgIpc) is 3.33. The minimum Gasteiger partial charge on any atom is -0.493 e. The van der Waals surface area contributed by atoms with Gasteiger partial charge in [0.05, 0.1) is 44.4 Å². The van der Waals surface area contributed by atoms with Crippen LogP contribution in [0.4, 0.5) is 13.2 Å². The monoisotopic (exact) mass is 554 g/mol. The number of benzene rings is 3. The lowest BCUT2D eigenvalue weighted by Crippen LogP contribution is -2.16. The topological polar surface area (TPSA) is 85.0 Å². The molecule has 0 aliphatic rings. The Bertz CT molecular complexity index is 1720. The third-order valence-corrected chi connectivity index (χ3v) is 6.35. The van der Waals surface area contributed by atoms with Crippen LogP contribution in [0.3, 0.4) is 0 Å². The van der Waals surface area contributed by atoms with Crippen LogP contribution in [0, 0.1) is 0 Å². The summed E-state index contributed by atoms with van der Waals surface area (Å²) >= 11 is 0. The minimum atomic E-state index is -4.58. The molecule has 5 aromatic rings. The molecule has 0 aliphatic heterocycles. The molecule has 0 aliphatic carbocycles. The Kier molecular flexibility index (Phi) is 7.29. The van der Waals surface area contributed by atoms with Crippen molar-refractivity contribution in [2.75, 3.05) is 27.9 Å². The third-order valence-electron chi connectivity index (χ3n) is 6.35. The van der Waals surface area contributed by atoms with Gasteiger partial charge in [0.2, 0.25) is 11.6 Å². The number of fused-ring (bicyclic) bond motifs is 2. The predicted molar refractivity (Wildman–Crippen MR) is 142 cm³/mol. The van der Waals surface area contributed by atoms with Gasteiger partial charge >= 0.3 is 6.18 Å². The summed E-state index contributed by atoms with van der Waals surface area (Å²) in [5, 5.41) is 0.350. The molecule has 0 fully saturated rings. The zero-order valence-corrected chi connectivity index (χ0v) is 21.9. The highest BCUT2D eigenvalue weighted by Gasteiger charge is 2.37. The Labute approximate surface area is 226 Å². The molecular formula is C29H25F3N2O6. The zero-order valence-electron chi connectivity index (χ0n) is 21.9. The maximum absolute atomic E-state index is 13.5. The zero-order chi connectivity index (χ0) is 28.4. The molecule has 40 heavy (non-hydrogen) atoms. The summed E-state index contributed by atoms with van der Waals surface area (Å²) in [5.74, 6) is 0.941. The first kappa shape index (κ1) is 26.9. The number of para-hydroxylation sites is 2. The molecule has 0 radical (unpaired) electrons. The van der Waals surface area contributed by atoms with Crippen molar-refractivity contribution < 1.29 is 36.5 Å². The van der Waals surface area contributed by atoms with Crippen molar-refractivity contribution in [3.8, 4) is 34.3 Å². The number of ether oxygens (including phenoxy) is 4. The first-order chi connectivity index (χ1) is 19.2. The molecule has 0 atom stereocenters. The highest BCUT2D eigenvalue weighted by molar-refractivity contribution is 5.81. The molecule has 0 N–H and O–H groups in total. The van der Waals surface area contributed by atoms with Crippen molar-refractivity contribution in [3.05, 3.63) is 76.7 Å². The Morgan fingerprint density at radius 2 is 1.65 bits per heavy atom. The molecule has 5 rings (SSSR count). The first-order valence-electron chi connectivity index (χ1n) is 12.3. The highest BCUT2D eigenvalue weighted by Crippen LogP contribution is 2.41. The Morgan fingerprint density at radius 1 is 0.925 bits per heavy atom. The summed E-state index contributed by atoms with van der Waals surface area (Å²) in [7, 11) is 4.46. The van der Waals surface area contributed by atoms with Gasteiger partial charge in [-0.15, -0.1) is 0 Å². The molecule has 208 valence electrons. The number of methoxy groups -OCH3 is 3. The second-order valence-electron chi connectivity index (χ2n) is 8.82. The number of halogens is 3. The van der Waals surface area contributed by atoms with Crippen molar-refractivity contribution in [1.29, 1.82) is 0 Å². The van der Waals surface area contributed by atoms with E-state index in [4.69, 9.17) is 23.4 Å². The SMILES string of the molecule is COc1cc(-c2cc(=O)c3ccc(OCCCn4c(C(F)(F)F)nc5ccccc54)cc3o2)cc(OC)c1OC. The lowest BCUT2D eigenvalue weighted by atomic mass is 10.1. The van der Waals surface area contributed by atoms with Crippen molar-refractivity contribution in [2.45, 2.75) is 19.1 Å². The van der Waals surface area contributed by atoms with E-state index in [1.54, 1.807) is 54.6 Å². The maximum atomic E-state index is 13.5. The normalized spacial score (nSPS) is 11.7. The van der Waals surface area contributed by atoms with Gasteiger partial charge in [0.1, 0.15) is 17.1 Å². The molecule has 2 heterocycles. The van der Waals surface area contributed by atoms with E-state index in [1.165, 1.54) is 27.4 Å². The van der Waals surface area contributed by atoms with Gasteiger partial charge in [-0.05, 0) is 42.8 Å². The summed E-state index contributed by atoms with van der Waals surface area (Å²) < 4.78 is 69.8. The molecular weight excluding hydrogens is 529 g/mol. The van der Waals surface area contributed by atoms with Crippen LogP contribution in [0.2, 0.25) is 0 Å². The number of hydrogen-bond acceptors (Lipinski definition) is 7. The fourth-order valence-electron chi connectivity index (χ4n) is 4.52. The van der Waals surface area contributed by atoms with Crippen LogP contribution in [0.25, 0.3) is 33.3 Å². The smallest absolute Gasteiger partial charge is 0.449 e. The van der Waals surface area contributed by atoms with Gasteiger partial charge in [0.15, 0.2) is 16.9 Å². The van der Waals surface area contributed by atoms with Crippen LogP contribution in [-0.2, 0) is 12.7 Å². The van der Waals surface area contributed by atoms with Gasteiger partial charge in [-0.1, -0.05) is 12.1 Å². The van der Waals surface area contributed by atoms with Crippen molar-refractivity contribution in [3.63, 3.8) is 0 Å². The summed E-state index contributed by atoms with van der Waals surface area (Å²) in [5.41, 5.74) is 1.25. The molecule has 8 nitrogen and oxygen atoms in total. The van der Waals surface area contributed by atoms with Gasteiger partial charge < -0.3 is 27.9 Å². The highest BCUT2D eigenvalue weighted by atomic mass is 19.4. The second kappa shape index (κ2) is 10.8. The van der Waals surface area contributed by atoms with Crippen LogP contribution in [0.15, 0.2) is 69.9 Å². The molecule has 3 aromatic carbocycles. The van der Waals surface area contributed by atoms with E-state index in [2.05, 4.69) is 4.98 Å². The molecule has 0 unspecified atom stereocenters. The molecule has 0 bridgehead atoms. The van der Waals surface area contributed by atoms with Crippen LogP contribution in [0.1, 0.15) is 12.2 Å². The van der Waals surface area contributed by atoms with Gasteiger partial charge in [-0.25, -0.2) is 4.98 Å². The number of nitrogens with zero attached hydrogens (tertiary/aromatic N) is 2. The van der Waals surface area contributed by atoms with Crippen LogP contribution in [-0.4, -0.2) is 37.5 Å². The number of rotatable bonds is 9. The Hall–Kier alpha value is -4.67. The van der Waals surface area contributed by atoms with Gasteiger partial charge in [0.25, 0.3) is 0 Å². The van der Waals surface area contributed by atoms with E-state index in [0.717, 1.165) is 4.57 Å². The van der Waals surface area contributed by atoms with E-state index in [1.807, 2.05) is 0 Å². The molecule has 11 heteroatoms. The van der Waals surface area contributed by atoms with Crippen molar-refractivity contribution >= 4 is 22.0 Å². The van der Waals surface area contributed by atoms with Gasteiger partial charge in [-0.2, -0.15) is 13.2 Å². The molecule has 0 saturated carbocycles. The number of alkyl halides is 3. The Balaban J connectivity index is 1.37. The van der Waals surface area contributed by atoms with Crippen molar-refractivity contribution in [1.82, 2.24) is 9.55 Å². The quantitative estimate of drug-likeness (QED) is 0.197. The summed E-state index contributed by atoms with van der Waals surface area (Å²) in [4.78, 5) is 16.6. The van der Waals surface area contributed by atoms with Crippen LogP contribution in [0.5, 0.6) is 23.0 Å². The maximum Gasteiger partial charge on any atom is 0.449 e. The first-order valence-corrected chi connectivity index (χ1v) is 12.3. The van der Waals surface area contributed by atoms with Gasteiger partial charge in [-0.3, -0.25) is 4.79 Å². The fourth-order valence-corrected chi connectivity index (χ4v) is 4.52.